The Hall–Kier alpha value is -2.50. The van der Waals surface area contributed by atoms with Crippen LogP contribution in [0.4, 0.5) is 5.69 Å². The number of nitrogen functional groups attached to an aromatic ring is 1. The van der Waals surface area contributed by atoms with Crippen LogP contribution < -0.4 is 11.3 Å². The molecular formula is C15H15N3O3. The van der Waals surface area contributed by atoms with Crippen molar-refractivity contribution >= 4 is 28.2 Å². The second-order valence-corrected chi connectivity index (χ2v) is 5.07. The lowest BCUT2D eigenvalue weighted by molar-refractivity contribution is -0.132. The molecular weight excluding hydrogens is 270 g/mol. The number of hydrogen-bond donors (Lipinski definition) is 1. The molecule has 2 unspecified atom stereocenters. The quantitative estimate of drug-likeness (QED) is 0.627. The third-order valence-electron chi connectivity index (χ3n) is 3.67. The molecule has 6 heteroatoms. The van der Waals surface area contributed by atoms with E-state index in [4.69, 9.17) is 8.48 Å². The van der Waals surface area contributed by atoms with Gasteiger partial charge in [0, 0.05) is 13.5 Å². The van der Waals surface area contributed by atoms with Crippen LogP contribution >= 0.6 is 0 Å². The Morgan fingerprint density at radius 3 is 2.95 bits per heavy atom. The second-order valence-electron chi connectivity index (χ2n) is 5.07. The number of nitrogens with zero attached hydrogens (tertiary/aromatic N) is 2. The molecule has 2 atom stereocenters. The molecule has 1 heterocycles. The third-order valence-corrected chi connectivity index (χ3v) is 3.67. The molecule has 1 fully saturated rings. The van der Waals surface area contributed by atoms with Gasteiger partial charge >= 0.3 is 0 Å². The Kier molecular flexibility index (Phi) is 2.56. The van der Waals surface area contributed by atoms with E-state index in [1.165, 1.54) is 16.7 Å². The highest BCUT2D eigenvalue weighted by atomic mass is 16.2. The number of fused-ring (bicyclic) bond motifs is 1. The lowest BCUT2D eigenvalue weighted by Crippen LogP contribution is -2.36. The third kappa shape index (κ3) is 2.12. The standard InChI is InChI=1S/C15H15N3O3/c1-8-17-11-4-2-3-10(16)14(11)15(21)18(8)12-6-5-9(19)7-13(12)20/h2-4,12H,5-7,16H2,1H3/i2D,5D. The molecule has 0 aliphatic heterocycles. The smallest absolute Gasteiger partial charge is 0.264 e. The maximum absolute atomic E-state index is 12.8. The first-order valence-corrected chi connectivity index (χ1v) is 6.56. The molecule has 1 aromatic carbocycles. The van der Waals surface area contributed by atoms with Crippen molar-refractivity contribution in [2.75, 3.05) is 5.73 Å². The fraction of sp³-hybridized carbons (Fsp3) is 0.333. The molecule has 0 spiro atoms. The molecule has 3 rings (SSSR count). The Bertz CT molecular complexity index is 907. The van der Waals surface area contributed by atoms with Crippen molar-refractivity contribution in [1.82, 2.24) is 9.55 Å². The van der Waals surface area contributed by atoms with Crippen LogP contribution in [0, 0.1) is 6.92 Å². The molecule has 1 saturated carbocycles. The fourth-order valence-corrected chi connectivity index (χ4v) is 2.67. The first kappa shape index (κ1) is 11.2. The second kappa shape index (κ2) is 4.80. The number of hydrogen-bond acceptors (Lipinski definition) is 5. The van der Waals surface area contributed by atoms with Gasteiger partial charge in [-0.3, -0.25) is 19.0 Å². The minimum absolute atomic E-state index is 0.0397. The van der Waals surface area contributed by atoms with Gasteiger partial charge in [0.25, 0.3) is 5.56 Å². The number of anilines is 1. The summed E-state index contributed by atoms with van der Waals surface area (Å²) in [6.07, 6.45) is -1.40. The maximum atomic E-state index is 12.8. The molecule has 2 aromatic rings. The average molecular weight is 287 g/mol. The summed E-state index contributed by atoms with van der Waals surface area (Å²) in [5, 5.41) is 0.151. The molecule has 21 heavy (non-hydrogen) atoms. The summed E-state index contributed by atoms with van der Waals surface area (Å²) in [6.45, 7) is 1.58. The van der Waals surface area contributed by atoms with Crippen molar-refractivity contribution in [3.05, 3.63) is 34.4 Å². The number of aryl methyl sites for hydroxylation is 1. The van der Waals surface area contributed by atoms with Crippen LogP contribution in [0.15, 0.2) is 23.0 Å². The summed E-state index contributed by atoms with van der Waals surface area (Å²) < 4.78 is 16.6. The Labute approximate surface area is 123 Å². The number of nitrogens with two attached hydrogens (primary N) is 1. The van der Waals surface area contributed by atoms with E-state index in [0.29, 0.717) is 11.3 Å². The molecule has 108 valence electrons. The van der Waals surface area contributed by atoms with E-state index in [-0.39, 0.29) is 35.7 Å². The largest absolute Gasteiger partial charge is 0.398 e. The summed E-state index contributed by atoms with van der Waals surface area (Å²) >= 11 is 0. The van der Waals surface area contributed by atoms with Crippen molar-refractivity contribution in [2.24, 2.45) is 0 Å². The Balaban J connectivity index is 2.24. The molecule has 0 radical (unpaired) electrons. The number of aromatic nitrogens is 2. The summed E-state index contributed by atoms with van der Waals surface area (Å²) in [5.74, 6) is -0.517. The van der Waals surface area contributed by atoms with Gasteiger partial charge in [0.05, 0.1) is 24.7 Å². The van der Waals surface area contributed by atoms with Crippen molar-refractivity contribution in [3.63, 3.8) is 0 Å². The Morgan fingerprint density at radius 2 is 2.19 bits per heavy atom. The van der Waals surface area contributed by atoms with Gasteiger partial charge in [-0.2, -0.15) is 0 Å². The van der Waals surface area contributed by atoms with Crippen molar-refractivity contribution < 1.29 is 12.3 Å². The molecule has 6 nitrogen and oxygen atoms in total. The highest BCUT2D eigenvalue weighted by Crippen LogP contribution is 2.24. The van der Waals surface area contributed by atoms with Crippen molar-refractivity contribution in [1.29, 1.82) is 0 Å². The molecule has 0 saturated heterocycles. The topological polar surface area (TPSA) is 95.0 Å². The summed E-state index contributed by atoms with van der Waals surface area (Å²) in [6, 6.07) is 2.05. The molecule has 1 aromatic heterocycles. The van der Waals surface area contributed by atoms with Gasteiger partial charge < -0.3 is 5.73 Å². The number of carbonyl (C=O) groups excluding carboxylic acids is 2. The highest BCUT2D eigenvalue weighted by Gasteiger charge is 2.30. The van der Waals surface area contributed by atoms with E-state index in [1.807, 2.05) is 0 Å². The summed E-state index contributed by atoms with van der Waals surface area (Å²) in [7, 11) is 0. The van der Waals surface area contributed by atoms with Crippen LogP contribution in [0.1, 0.15) is 33.8 Å². The van der Waals surface area contributed by atoms with Gasteiger partial charge in [-0.25, -0.2) is 4.98 Å². The normalized spacial score (nSPS) is 24.0. The number of Topliss-reactive ketones (excluding diaryl/α,β-unsaturated/α-hetero) is 2. The van der Waals surface area contributed by atoms with Gasteiger partial charge in [0.15, 0.2) is 5.78 Å². The van der Waals surface area contributed by atoms with Crippen molar-refractivity contribution in [3.8, 4) is 0 Å². The zero-order valence-corrected chi connectivity index (χ0v) is 11.4. The first-order valence-electron chi connectivity index (χ1n) is 7.64. The Morgan fingerprint density at radius 1 is 1.43 bits per heavy atom. The van der Waals surface area contributed by atoms with E-state index >= 15 is 0 Å². The SMILES string of the molecule is [2H]c1cc(N)c2c(=O)n(C3CC([2H])C(=O)CC3=O)c(C)nc2c1. The van der Waals surface area contributed by atoms with Crippen LogP contribution in [0.3, 0.4) is 0 Å². The fourth-order valence-electron chi connectivity index (χ4n) is 2.67. The lowest BCUT2D eigenvalue weighted by atomic mass is 9.92. The zero-order valence-electron chi connectivity index (χ0n) is 13.4. The summed E-state index contributed by atoms with van der Waals surface area (Å²) in [5.41, 5.74) is 5.79. The van der Waals surface area contributed by atoms with Gasteiger partial charge in [-0.15, -0.1) is 0 Å². The molecule has 2 N–H and O–H groups in total. The predicted octanol–water partition coefficient (Wildman–Crippen LogP) is 1.15. The average Bonchev–Trinajstić information content (AvgIpc) is 2.43. The van der Waals surface area contributed by atoms with Gasteiger partial charge in [0.1, 0.15) is 11.6 Å². The predicted molar refractivity (Wildman–Crippen MR) is 78.1 cm³/mol. The molecule has 1 aliphatic rings. The van der Waals surface area contributed by atoms with Gasteiger partial charge in [-0.1, -0.05) is 6.04 Å². The number of ketones is 2. The maximum Gasteiger partial charge on any atom is 0.264 e. The minimum Gasteiger partial charge on any atom is -0.398 e. The van der Waals surface area contributed by atoms with Gasteiger partial charge in [-0.05, 0) is 25.5 Å². The number of rotatable bonds is 1. The summed E-state index contributed by atoms with van der Waals surface area (Å²) in [4.78, 5) is 40.8. The molecule has 0 amide bonds. The minimum atomic E-state index is -1.02. The van der Waals surface area contributed by atoms with Crippen molar-refractivity contribution in [2.45, 2.75) is 32.2 Å². The van der Waals surface area contributed by atoms with Crippen LogP contribution in [-0.2, 0) is 9.59 Å². The van der Waals surface area contributed by atoms with Crippen LogP contribution in [0.5, 0.6) is 0 Å². The lowest BCUT2D eigenvalue weighted by Gasteiger charge is -2.24. The van der Waals surface area contributed by atoms with E-state index in [9.17, 15) is 14.4 Å². The zero-order chi connectivity index (χ0) is 16.9. The number of benzene rings is 1. The van der Waals surface area contributed by atoms with Gasteiger partial charge in [0.2, 0.25) is 0 Å². The van der Waals surface area contributed by atoms with E-state index < -0.39 is 23.8 Å². The van der Waals surface area contributed by atoms with E-state index in [0.717, 1.165) is 0 Å². The van der Waals surface area contributed by atoms with E-state index in [1.54, 1.807) is 6.92 Å². The number of carbonyl (C=O) groups is 2. The van der Waals surface area contributed by atoms with E-state index in [2.05, 4.69) is 4.98 Å². The first-order chi connectivity index (χ1) is 10.8. The monoisotopic (exact) mass is 287 g/mol. The molecule has 0 bridgehead atoms. The van der Waals surface area contributed by atoms with Crippen LogP contribution in [0.25, 0.3) is 10.9 Å². The highest BCUT2D eigenvalue weighted by molar-refractivity contribution is 6.03. The van der Waals surface area contributed by atoms with Crippen LogP contribution in [0.2, 0.25) is 0 Å². The molecule has 1 aliphatic carbocycles. The van der Waals surface area contributed by atoms with Crippen LogP contribution in [-0.4, -0.2) is 21.1 Å².